The monoisotopic (exact) mass is 263 g/mol. The van der Waals surface area contributed by atoms with Crippen molar-refractivity contribution in [2.45, 2.75) is 26.2 Å². The molecule has 5 heteroatoms. The van der Waals surface area contributed by atoms with Crippen molar-refractivity contribution in [2.24, 2.45) is 11.8 Å². The van der Waals surface area contributed by atoms with Crippen LogP contribution >= 0.6 is 0 Å². The maximum absolute atomic E-state index is 11.5. The van der Waals surface area contributed by atoms with Crippen LogP contribution < -0.4 is 5.32 Å². The molecule has 17 heavy (non-hydrogen) atoms. The molecule has 1 aliphatic heterocycles. The molecule has 1 aliphatic rings. The first-order valence-corrected chi connectivity index (χ1v) is 8.34. The summed E-state index contributed by atoms with van der Waals surface area (Å²) in [4.78, 5) is 0. The molecular formula is C12H25NO3S. The van der Waals surface area contributed by atoms with Gasteiger partial charge < -0.3 is 10.1 Å². The Kier molecular flexibility index (Phi) is 6.44. The van der Waals surface area contributed by atoms with Crippen molar-refractivity contribution in [2.75, 3.05) is 38.3 Å². The van der Waals surface area contributed by atoms with E-state index < -0.39 is 9.84 Å². The minimum atomic E-state index is -2.76. The van der Waals surface area contributed by atoms with Gasteiger partial charge in [-0.1, -0.05) is 6.92 Å². The number of hydrogen-bond acceptors (Lipinski definition) is 4. The zero-order chi connectivity index (χ0) is 12.7. The molecule has 0 bridgehead atoms. The highest BCUT2D eigenvalue weighted by Gasteiger charge is 2.32. The van der Waals surface area contributed by atoms with Gasteiger partial charge in [-0.3, -0.25) is 0 Å². The first-order valence-electron chi connectivity index (χ1n) is 6.52. The molecule has 0 aromatic heterocycles. The summed E-state index contributed by atoms with van der Waals surface area (Å²) in [7, 11) is -0.843. The van der Waals surface area contributed by atoms with Crippen molar-refractivity contribution in [3.63, 3.8) is 0 Å². The Bertz CT molecular complexity index is 303. The number of rotatable bonds is 8. The highest BCUT2D eigenvalue weighted by Crippen LogP contribution is 2.27. The van der Waals surface area contributed by atoms with Gasteiger partial charge in [-0.2, -0.15) is 0 Å². The molecule has 1 rings (SSSR count). The number of nitrogens with one attached hydrogen (secondary N) is 1. The van der Waals surface area contributed by atoms with Crippen molar-refractivity contribution in [3.8, 4) is 0 Å². The summed E-state index contributed by atoms with van der Waals surface area (Å²) >= 11 is 0. The van der Waals surface area contributed by atoms with Crippen LogP contribution in [0.25, 0.3) is 0 Å². The molecule has 2 atom stereocenters. The molecule has 0 aromatic carbocycles. The molecule has 102 valence electrons. The van der Waals surface area contributed by atoms with Crippen LogP contribution in [0.5, 0.6) is 0 Å². The lowest BCUT2D eigenvalue weighted by atomic mass is 9.89. The van der Waals surface area contributed by atoms with E-state index in [0.29, 0.717) is 23.3 Å². The van der Waals surface area contributed by atoms with Gasteiger partial charge in [0.25, 0.3) is 0 Å². The van der Waals surface area contributed by atoms with Gasteiger partial charge in [0.1, 0.15) is 0 Å². The second-order valence-corrected chi connectivity index (χ2v) is 7.11. The largest absolute Gasteiger partial charge is 0.381 e. The second-order valence-electron chi connectivity index (χ2n) is 4.88. The average Bonchev–Trinajstić information content (AvgIpc) is 2.63. The molecule has 0 saturated carbocycles. The Morgan fingerprint density at radius 1 is 1.41 bits per heavy atom. The fourth-order valence-corrected chi connectivity index (χ4v) is 4.36. The maximum atomic E-state index is 11.5. The van der Waals surface area contributed by atoms with Crippen molar-refractivity contribution < 1.29 is 13.2 Å². The van der Waals surface area contributed by atoms with Crippen molar-refractivity contribution in [1.29, 1.82) is 0 Å². The third kappa shape index (κ3) is 5.36. The number of ether oxygens (including phenoxy) is 1. The minimum absolute atomic E-state index is 0.317. The summed E-state index contributed by atoms with van der Waals surface area (Å²) in [5.41, 5.74) is 0. The van der Waals surface area contributed by atoms with Gasteiger partial charge >= 0.3 is 0 Å². The third-order valence-corrected chi connectivity index (χ3v) is 5.18. The Labute approximate surface area is 105 Å². The summed E-state index contributed by atoms with van der Waals surface area (Å²) in [6.07, 6.45) is 2.82. The number of hydrogen-bond donors (Lipinski definition) is 1. The molecule has 4 nitrogen and oxygen atoms in total. The second kappa shape index (κ2) is 7.34. The summed E-state index contributed by atoms with van der Waals surface area (Å²) in [5, 5.41) is 3.16. The van der Waals surface area contributed by atoms with E-state index in [1.165, 1.54) is 0 Å². The summed E-state index contributed by atoms with van der Waals surface area (Å²) in [5.74, 6) is 1.48. The van der Waals surface area contributed by atoms with E-state index in [-0.39, 0.29) is 0 Å². The lowest BCUT2D eigenvalue weighted by Crippen LogP contribution is -2.28. The lowest BCUT2D eigenvalue weighted by molar-refractivity contribution is 0.112. The minimum Gasteiger partial charge on any atom is -0.381 e. The smallest absolute Gasteiger partial charge is 0.150 e. The fourth-order valence-electron chi connectivity index (χ4n) is 2.44. The van der Waals surface area contributed by atoms with Crippen LogP contribution in [0.4, 0.5) is 0 Å². The van der Waals surface area contributed by atoms with Crippen molar-refractivity contribution >= 4 is 9.84 Å². The predicted molar refractivity (Wildman–Crippen MR) is 69.9 cm³/mol. The van der Waals surface area contributed by atoms with Crippen molar-refractivity contribution in [3.05, 3.63) is 0 Å². The molecule has 1 fully saturated rings. The summed E-state index contributed by atoms with van der Waals surface area (Å²) in [6.45, 7) is 4.52. The van der Waals surface area contributed by atoms with Crippen LogP contribution in [0.2, 0.25) is 0 Å². The van der Waals surface area contributed by atoms with E-state index in [9.17, 15) is 8.42 Å². The molecule has 0 aromatic rings. The van der Waals surface area contributed by atoms with E-state index >= 15 is 0 Å². The topological polar surface area (TPSA) is 55.4 Å². The fraction of sp³-hybridized carbons (Fsp3) is 1.00. The van der Waals surface area contributed by atoms with Crippen LogP contribution in [0.3, 0.4) is 0 Å². The SMILES string of the molecule is CCCOCCC(CNC)C1CCS(=O)(=O)C1. The molecule has 1 N–H and O–H groups in total. The Morgan fingerprint density at radius 3 is 2.71 bits per heavy atom. The molecule has 0 aliphatic carbocycles. The van der Waals surface area contributed by atoms with Crippen LogP contribution in [0.1, 0.15) is 26.2 Å². The highest BCUT2D eigenvalue weighted by molar-refractivity contribution is 7.91. The molecule has 2 unspecified atom stereocenters. The number of sulfone groups is 1. The van der Waals surface area contributed by atoms with E-state index in [2.05, 4.69) is 12.2 Å². The lowest BCUT2D eigenvalue weighted by Gasteiger charge is -2.22. The molecule has 0 radical (unpaired) electrons. The first-order chi connectivity index (χ1) is 8.09. The van der Waals surface area contributed by atoms with E-state index in [4.69, 9.17) is 4.74 Å². The quantitative estimate of drug-likeness (QED) is 0.666. The van der Waals surface area contributed by atoms with Crippen molar-refractivity contribution in [1.82, 2.24) is 5.32 Å². The Balaban J connectivity index is 2.37. The van der Waals surface area contributed by atoms with E-state index in [1.54, 1.807) is 0 Å². The van der Waals surface area contributed by atoms with E-state index in [0.717, 1.165) is 39.0 Å². The normalized spacial score (nSPS) is 24.9. The molecular weight excluding hydrogens is 238 g/mol. The zero-order valence-corrected chi connectivity index (χ0v) is 11.8. The van der Waals surface area contributed by atoms with Gasteiger partial charge in [0.05, 0.1) is 11.5 Å². The van der Waals surface area contributed by atoms with Crippen LogP contribution in [-0.4, -0.2) is 46.7 Å². The third-order valence-electron chi connectivity index (χ3n) is 3.38. The Hall–Kier alpha value is -0.130. The van der Waals surface area contributed by atoms with Crippen LogP contribution in [0, 0.1) is 11.8 Å². The highest BCUT2D eigenvalue weighted by atomic mass is 32.2. The summed E-state index contributed by atoms with van der Waals surface area (Å²) in [6, 6.07) is 0. The van der Waals surface area contributed by atoms with Gasteiger partial charge in [0, 0.05) is 13.2 Å². The predicted octanol–water partition coefficient (Wildman–Crippen LogP) is 1.07. The standard InChI is InChI=1S/C12H25NO3S/c1-3-6-16-7-4-11(9-13-2)12-5-8-17(14,15)10-12/h11-13H,3-10H2,1-2H3. The molecule has 1 saturated heterocycles. The maximum Gasteiger partial charge on any atom is 0.150 e. The molecule has 0 amide bonds. The molecule has 1 heterocycles. The van der Waals surface area contributed by atoms with Crippen LogP contribution in [-0.2, 0) is 14.6 Å². The first kappa shape index (κ1) is 14.9. The van der Waals surface area contributed by atoms with Gasteiger partial charge in [0.2, 0.25) is 0 Å². The van der Waals surface area contributed by atoms with E-state index in [1.807, 2.05) is 7.05 Å². The zero-order valence-electron chi connectivity index (χ0n) is 10.9. The average molecular weight is 263 g/mol. The molecule has 0 spiro atoms. The summed E-state index contributed by atoms with van der Waals surface area (Å²) < 4.78 is 28.4. The van der Waals surface area contributed by atoms with Gasteiger partial charge in [-0.05, 0) is 44.7 Å². The van der Waals surface area contributed by atoms with Gasteiger partial charge in [-0.15, -0.1) is 0 Å². The van der Waals surface area contributed by atoms with Gasteiger partial charge in [0.15, 0.2) is 9.84 Å². The Morgan fingerprint density at radius 2 is 2.18 bits per heavy atom. The van der Waals surface area contributed by atoms with Gasteiger partial charge in [-0.25, -0.2) is 8.42 Å². The van der Waals surface area contributed by atoms with Crippen LogP contribution in [0.15, 0.2) is 0 Å².